The van der Waals surface area contributed by atoms with Crippen LogP contribution in [0.3, 0.4) is 0 Å². The van der Waals surface area contributed by atoms with E-state index in [4.69, 9.17) is 4.74 Å². The maximum absolute atomic E-state index is 13.0. The third-order valence-electron chi connectivity index (χ3n) is 2.93. The first-order valence-electron chi connectivity index (χ1n) is 6.46. The number of halogens is 4. The molecule has 0 aromatic heterocycles. The third kappa shape index (κ3) is 4.98. The molecule has 0 spiro atoms. The first kappa shape index (κ1) is 17.3. The molecule has 0 aliphatic rings. The van der Waals surface area contributed by atoms with Crippen molar-refractivity contribution in [1.82, 2.24) is 0 Å². The monoisotopic (exact) mass is 353 g/mol. The third-order valence-corrected chi connectivity index (χ3v) is 3.43. The molecule has 0 bridgehead atoms. The Bertz CT molecular complexity index is 435. The van der Waals surface area contributed by atoms with Crippen molar-refractivity contribution in [3.8, 4) is 0 Å². The van der Waals surface area contributed by atoms with E-state index in [-0.39, 0.29) is 17.6 Å². The van der Waals surface area contributed by atoms with E-state index < -0.39 is 11.7 Å². The summed E-state index contributed by atoms with van der Waals surface area (Å²) in [6.45, 7) is 6.67. The van der Waals surface area contributed by atoms with Gasteiger partial charge in [-0.2, -0.15) is 13.2 Å². The summed E-state index contributed by atoms with van der Waals surface area (Å²) in [6, 6.07) is 3.95. The number of anilines is 1. The summed E-state index contributed by atoms with van der Waals surface area (Å²) in [5.74, 6) is 0.159. The van der Waals surface area contributed by atoms with Crippen LogP contribution in [0.1, 0.15) is 26.3 Å². The molecular weight excluding hydrogens is 335 g/mol. The van der Waals surface area contributed by atoms with E-state index in [1.807, 2.05) is 20.8 Å². The van der Waals surface area contributed by atoms with E-state index in [0.29, 0.717) is 17.7 Å². The second kappa shape index (κ2) is 7.31. The normalized spacial score (nSPS) is 13.6. The topological polar surface area (TPSA) is 21.3 Å². The molecule has 0 saturated heterocycles. The van der Waals surface area contributed by atoms with Crippen LogP contribution in [0.15, 0.2) is 22.7 Å². The van der Waals surface area contributed by atoms with Crippen LogP contribution in [0.4, 0.5) is 18.9 Å². The molecule has 2 nitrogen and oxygen atoms in total. The Morgan fingerprint density at radius 1 is 1.30 bits per heavy atom. The lowest BCUT2D eigenvalue weighted by Crippen LogP contribution is -2.32. The van der Waals surface area contributed by atoms with E-state index in [1.54, 1.807) is 6.07 Å². The van der Waals surface area contributed by atoms with Gasteiger partial charge in [-0.05, 0) is 31.0 Å². The highest BCUT2D eigenvalue weighted by Crippen LogP contribution is 2.37. The van der Waals surface area contributed by atoms with E-state index in [9.17, 15) is 13.2 Å². The summed E-state index contributed by atoms with van der Waals surface area (Å²) in [5, 5.41) is 2.95. The summed E-state index contributed by atoms with van der Waals surface area (Å²) < 4.78 is 44.8. The molecule has 0 aliphatic carbocycles. The number of alkyl halides is 3. The van der Waals surface area contributed by atoms with Gasteiger partial charge in [-0.15, -0.1) is 0 Å². The Kier molecular flexibility index (Phi) is 6.33. The maximum Gasteiger partial charge on any atom is 0.418 e. The Balaban J connectivity index is 3.00. The van der Waals surface area contributed by atoms with Crippen molar-refractivity contribution >= 4 is 21.6 Å². The van der Waals surface area contributed by atoms with E-state index >= 15 is 0 Å². The Labute approximate surface area is 125 Å². The average molecular weight is 354 g/mol. The predicted molar refractivity (Wildman–Crippen MR) is 77.9 cm³/mol. The average Bonchev–Trinajstić information content (AvgIpc) is 2.34. The molecule has 1 rings (SSSR count). The molecule has 1 atom stereocenters. The quantitative estimate of drug-likeness (QED) is 0.781. The minimum Gasteiger partial charge on any atom is -0.380 e. The van der Waals surface area contributed by atoms with Crippen molar-refractivity contribution in [2.75, 3.05) is 18.5 Å². The molecule has 0 saturated carbocycles. The molecule has 1 aromatic carbocycles. The van der Waals surface area contributed by atoms with E-state index in [2.05, 4.69) is 21.2 Å². The summed E-state index contributed by atoms with van der Waals surface area (Å²) in [4.78, 5) is 0. The van der Waals surface area contributed by atoms with Crippen molar-refractivity contribution in [1.29, 1.82) is 0 Å². The molecule has 0 aliphatic heterocycles. The SMILES string of the molecule is CCOCC(Nc1ccc(Br)cc1C(F)(F)F)C(C)C. The molecule has 114 valence electrons. The number of hydrogen-bond donors (Lipinski definition) is 1. The molecule has 0 amide bonds. The predicted octanol–water partition coefficient (Wildman–Crippen LogP) is 4.94. The Hall–Kier alpha value is -0.750. The van der Waals surface area contributed by atoms with Crippen LogP contribution in [0.25, 0.3) is 0 Å². The minimum atomic E-state index is -4.39. The zero-order chi connectivity index (χ0) is 15.3. The van der Waals surface area contributed by atoms with Gasteiger partial charge in [0.1, 0.15) is 0 Å². The molecule has 0 heterocycles. The smallest absolute Gasteiger partial charge is 0.380 e. The summed E-state index contributed by atoms with van der Waals surface area (Å²) in [5.41, 5.74) is -0.590. The highest BCUT2D eigenvalue weighted by molar-refractivity contribution is 9.10. The number of benzene rings is 1. The van der Waals surface area contributed by atoms with Crippen LogP contribution in [0.5, 0.6) is 0 Å². The Morgan fingerprint density at radius 2 is 1.95 bits per heavy atom. The number of nitrogens with one attached hydrogen (secondary N) is 1. The molecule has 20 heavy (non-hydrogen) atoms. The van der Waals surface area contributed by atoms with Crippen molar-refractivity contribution in [3.63, 3.8) is 0 Å². The van der Waals surface area contributed by atoms with Crippen molar-refractivity contribution < 1.29 is 17.9 Å². The fraction of sp³-hybridized carbons (Fsp3) is 0.571. The van der Waals surface area contributed by atoms with Gasteiger partial charge >= 0.3 is 6.18 Å². The fourth-order valence-corrected chi connectivity index (χ4v) is 2.08. The highest BCUT2D eigenvalue weighted by atomic mass is 79.9. The highest BCUT2D eigenvalue weighted by Gasteiger charge is 2.34. The van der Waals surface area contributed by atoms with Gasteiger partial charge in [0.25, 0.3) is 0 Å². The molecule has 1 N–H and O–H groups in total. The van der Waals surface area contributed by atoms with Gasteiger partial charge in [-0.25, -0.2) is 0 Å². The van der Waals surface area contributed by atoms with Gasteiger partial charge in [0.05, 0.1) is 18.2 Å². The lowest BCUT2D eigenvalue weighted by molar-refractivity contribution is -0.137. The second-order valence-corrected chi connectivity index (χ2v) is 5.76. The fourth-order valence-electron chi connectivity index (χ4n) is 1.72. The van der Waals surface area contributed by atoms with Crippen LogP contribution < -0.4 is 5.32 Å². The molecule has 6 heteroatoms. The van der Waals surface area contributed by atoms with Crippen LogP contribution in [0, 0.1) is 5.92 Å². The first-order valence-corrected chi connectivity index (χ1v) is 7.26. The van der Waals surface area contributed by atoms with Crippen LogP contribution in [-0.4, -0.2) is 19.3 Å². The number of hydrogen-bond acceptors (Lipinski definition) is 2. The van der Waals surface area contributed by atoms with Gasteiger partial charge in [0, 0.05) is 16.8 Å². The summed E-state index contributed by atoms with van der Waals surface area (Å²) in [7, 11) is 0. The maximum atomic E-state index is 13.0. The molecular formula is C14H19BrF3NO. The summed E-state index contributed by atoms with van der Waals surface area (Å²) >= 11 is 3.07. The summed E-state index contributed by atoms with van der Waals surface area (Å²) in [6.07, 6.45) is -4.39. The van der Waals surface area contributed by atoms with Crippen molar-refractivity contribution in [3.05, 3.63) is 28.2 Å². The van der Waals surface area contributed by atoms with Gasteiger partial charge in [-0.3, -0.25) is 0 Å². The van der Waals surface area contributed by atoms with E-state index in [1.165, 1.54) is 6.07 Å². The van der Waals surface area contributed by atoms with E-state index in [0.717, 1.165) is 6.07 Å². The van der Waals surface area contributed by atoms with Crippen LogP contribution in [-0.2, 0) is 10.9 Å². The van der Waals surface area contributed by atoms with Gasteiger partial charge in [0.15, 0.2) is 0 Å². The zero-order valence-corrected chi connectivity index (χ0v) is 13.3. The number of ether oxygens (including phenoxy) is 1. The lowest BCUT2D eigenvalue weighted by atomic mass is 10.0. The second-order valence-electron chi connectivity index (χ2n) is 4.84. The minimum absolute atomic E-state index is 0.0825. The molecule has 0 fully saturated rings. The van der Waals surface area contributed by atoms with Crippen molar-refractivity contribution in [2.24, 2.45) is 5.92 Å². The van der Waals surface area contributed by atoms with Gasteiger partial charge in [0.2, 0.25) is 0 Å². The molecule has 1 aromatic rings. The largest absolute Gasteiger partial charge is 0.418 e. The lowest BCUT2D eigenvalue weighted by Gasteiger charge is -2.25. The zero-order valence-electron chi connectivity index (χ0n) is 11.7. The number of rotatable bonds is 6. The van der Waals surface area contributed by atoms with Gasteiger partial charge < -0.3 is 10.1 Å². The standard InChI is InChI=1S/C14H19BrF3NO/c1-4-20-8-13(9(2)3)19-12-6-5-10(15)7-11(12)14(16,17)18/h5-7,9,13,19H,4,8H2,1-3H3. The van der Waals surface area contributed by atoms with Crippen molar-refractivity contribution in [2.45, 2.75) is 33.0 Å². The first-order chi connectivity index (χ1) is 9.25. The Morgan fingerprint density at radius 3 is 2.45 bits per heavy atom. The van der Waals surface area contributed by atoms with Gasteiger partial charge in [-0.1, -0.05) is 29.8 Å². The molecule has 1 unspecified atom stereocenters. The van der Waals surface area contributed by atoms with Crippen LogP contribution >= 0.6 is 15.9 Å². The molecule has 0 radical (unpaired) electrons. The van der Waals surface area contributed by atoms with Crippen LogP contribution in [0.2, 0.25) is 0 Å².